The molecule has 3 N–H and O–H groups in total. The van der Waals surface area contributed by atoms with E-state index in [0.29, 0.717) is 6.42 Å². The molecule has 2 aliphatic carbocycles. The van der Waals surface area contributed by atoms with Crippen LogP contribution in [0.2, 0.25) is 0 Å². The van der Waals surface area contributed by atoms with E-state index in [2.05, 4.69) is 67.2 Å². The smallest absolute Gasteiger partial charge is 0.217 e. The Labute approximate surface area is 211 Å². The van der Waals surface area contributed by atoms with Gasteiger partial charge in [-0.1, -0.05) is 105 Å². The maximum Gasteiger partial charge on any atom is 0.217 e. The maximum absolute atomic E-state index is 11.1. The summed E-state index contributed by atoms with van der Waals surface area (Å²) in [6.45, 7) is 4.67. The number of allylic oxidation sites excluding steroid dienone is 3. The van der Waals surface area contributed by atoms with Crippen LogP contribution < -0.4 is 5.73 Å². The molecule has 0 bridgehead atoms. The van der Waals surface area contributed by atoms with Gasteiger partial charge in [-0.2, -0.15) is 0 Å². The van der Waals surface area contributed by atoms with Crippen LogP contribution in [0.1, 0.15) is 88.2 Å². The zero-order chi connectivity index (χ0) is 24.7. The molecule has 0 saturated heterocycles. The van der Waals surface area contributed by atoms with Crippen molar-refractivity contribution in [3.8, 4) is 0 Å². The third kappa shape index (κ3) is 5.62. The van der Waals surface area contributed by atoms with Gasteiger partial charge in [0.2, 0.25) is 5.91 Å². The molecule has 4 rings (SSSR count). The number of benzene rings is 2. The van der Waals surface area contributed by atoms with Crippen molar-refractivity contribution in [2.24, 2.45) is 17.1 Å². The summed E-state index contributed by atoms with van der Waals surface area (Å²) in [5.41, 5.74) is 11.7. The van der Waals surface area contributed by atoms with Gasteiger partial charge in [0.1, 0.15) is 0 Å². The predicted molar refractivity (Wildman–Crippen MR) is 145 cm³/mol. The number of carbonyl (C=O) groups excluding carboxylic acids is 1. The average Bonchev–Trinajstić information content (AvgIpc) is 3.38. The molecule has 0 spiro atoms. The number of primary amides is 1. The fourth-order valence-corrected chi connectivity index (χ4v) is 6.63. The van der Waals surface area contributed by atoms with Crippen LogP contribution in [0.25, 0.3) is 11.1 Å². The highest BCUT2D eigenvalue weighted by molar-refractivity contribution is 5.90. The Morgan fingerprint density at radius 3 is 2.17 bits per heavy atom. The summed E-state index contributed by atoms with van der Waals surface area (Å²) in [5.74, 6) is 0.0253. The second-order valence-corrected chi connectivity index (χ2v) is 10.5. The van der Waals surface area contributed by atoms with Crippen LogP contribution in [-0.2, 0) is 4.79 Å². The van der Waals surface area contributed by atoms with E-state index in [4.69, 9.17) is 5.73 Å². The summed E-state index contributed by atoms with van der Waals surface area (Å²) < 4.78 is 0. The first-order chi connectivity index (χ1) is 17.0. The van der Waals surface area contributed by atoms with Crippen molar-refractivity contribution in [1.82, 2.24) is 0 Å². The molecule has 35 heavy (non-hydrogen) atoms. The van der Waals surface area contributed by atoms with Crippen LogP contribution >= 0.6 is 0 Å². The van der Waals surface area contributed by atoms with Crippen LogP contribution in [0.3, 0.4) is 0 Å². The third-order valence-electron chi connectivity index (χ3n) is 8.32. The van der Waals surface area contributed by atoms with Gasteiger partial charge >= 0.3 is 0 Å². The van der Waals surface area contributed by atoms with Gasteiger partial charge < -0.3 is 10.8 Å². The van der Waals surface area contributed by atoms with Gasteiger partial charge in [-0.25, -0.2) is 0 Å². The third-order valence-corrected chi connectivity index (χ3v) is 8.32. The van der Waals surface area contributed by atoms with Crippen molar-refractivity contribution in [3.05, 3.63) is 83.9 Å². The molecule has 3 nitrogen and oxygen atoms in total. The summed E-state index contributed by atoms with van der Waals surface area (Å²) >= 11 is 0. The van der Waals surface area contributed by atoms with Gasteiger partial charge in [-0.05, 0) is 60.8 Å². The van der Waals surface area contributed by atoms with Crippen molar-refractivity contribution in [2.75, 3.05) is 0 Å². The summed E-state index contributed by atoms with van der Waals surface area (Å²) in [7, 11) is 0. The molecule has 0 radical (unpaired) electrons. The minimum atomic E-state index is -0.271. The minimum absolute atomic E-state index is 0.183. The SMILES string of the molecule is C=C(c1ccccc1)C12CCC(O)C1CC(CCCCCCCCCC(N)=O)=C2c1ccccc1. The predicted octanol–water partition coefficient (Wildman–Crippen LogP) is 7.31. The largest absolute Gasteiger partial charge is 0.393 e. The molecule has 3 atom stereocenters. The van der Waals surface area contributed by atoms with Crippen LogP contribution in [0.5, 0.6) is 0 Å². The van der Waals surface area contributed by atoms with E-state index in [1.165, 1.54) is 60.0 Å². The van der Waals surface area contributed by atoms with Crippen LogP contribution in [-0.4, -0.2) is 17.1 Å². The molecule has 2 aromatic carbocycles. The lowest BCUT2D eigenvalue weighted by Crippen LogP contribution is -2.29. The fraction of sp³-hybridized carbons (Fsp3) is 0.469. The van der Waals surface area contributed by atoms with Crippen molar-refractivity contribution in [2.45, 2.75) is 83.2 Å². The fourth-order valence-electron chi connectivity index (χ4n) is 6.63. The molecular formula is C32H41NO2. The first-order valence-corrected chi connectivity index (χ1v) is 13.5. The Bertz CT molecular complexity index is 1030. The number of nitrogens with two attached hydrogens (primary N) is 1. The van der Waals surface area contributed by atoms with E-state index in [-0.39, 0.29) is 23.3 Å². The van der Waals surface area contributed by atoms with E-state index in [1.54, 1.807) is 0 Å². The summed E-state index contributed by atoms with van der Waals surface area (Å²) in [4.78, 5) is 10.9. The number of carbonyl (C=O) groups is 1. The van der Waals surface area contributed by atoms with Crippen molar-refractivity contribution < 1.29 is 9.90 Å². The van der Waals surface area contributed by atoms with E-state index in [0.717, 1.165) is 38.5 Å². The molecule has 1 amide bonds. The zero-order valence-electron chi connectivity index (χ0n) is 21.1. The van der Waals surface area contributed by atoms with Gasteiger partial charge in [0.05, 0.1) is 6.10 Å². The highest BCUT2D eigenvalue weighted by Gasteiger charge is 2.56. The Balaban J connectivity index is 1.50. The zero-order valence-corrected chi connectivity index (χ0v) is 21.1. The quantitative estimate of drug-likeness (QED) is 0.301. The van der Waals surface area contributed by atoms with Gasteiger partial charge in [-0.3, -0.25) is 4.79 Å². The lowest BCUT2D eigenvalue weighted by Gasteiger charge is -2.37. The number of amides is 1. The first-order valence-electron chi connectivity index (χ1n) is 13.5. The molecule has 0 aromatic heterocycles. The Morgan fingerprint density at radius 1 is 0.914 bits per heavy atom. The number of aliphatic hydroxyl groups is 1. The number of fused-ring (bicyclic) bond motifs is 1. The van der Waals surface area contributed by atoms with E-state index < -0.39 is 0 Å². The molecular weight excluding hydrogens is 430 g/mol. The van der Waals surface area contributed by atoms with Crippen LogP contribution in [0.15, 0.2) is 72.8 Å². The van der Waals surface area contributed by atoms with Crippen LogP contribution in [0.4, 0.5) is 0 Å². The number of unbranched alkanes of at least 4 members (excludes halogenated alkanes) is 6. The number of aliphatic hydroxyl groups excluding tert-OH is 1. The van der Waals surface area contributed by atoms with Gasteiger partial charge in [-0.15, -0.1) is 0 Å². The normalized spacial score (nSPS) is 23.5. The number of rotatable bonds is 13. The number of hydrogen-bond acceptors (Lipinski definition) is 2. The lowest BCUT2D eigenvalue weighted by molar-refractivity contribution is -0.118. The molecule has 0 heterocycles. The topological polar surface area (TPSA) is 63.3 Å². The maximum atomic E-state index is 11.1. The van der Waals surface area contributed by atoms with Crippen molar-refractivity contribution in [3.63, 3.8) is 0 Å². The first kappa shape index (κ1) is 25.4. The molecule has 2 aromatic rings. The highest BCUT2D eigenvalue weighted by Crippen LogP contribution is 2.66. The minimum Gasteiger partial charge on any atom is -0.393 e. The summed E-state index contributed by atoms with van der Waals surface area (Å²) in [6.07, 6.45) is 12.2. The molecule has 1 saturated carbocycles. The Kier molecular flexibility index (Phi) is 8.62. The van der Waals surface area contributed by atoms with E-state index in [1.807, 2.05) is 0 Å². The Morgan fingerprint density at radius 2 is 1.51 bits per heavy atom. The van der Waals surface area contributed by atoms with Gasteiger partial charge in [0.25, 0.3) is 0 Å². The standard InChI is InChI=1S/C32H41NO2/c1-24(25-15-10-7-11-16-25)32-22-21-29(34)28(32)23-27(31(32)26-17-12-8-13-18-26)19-9-5-3-2-4-6-14-20-30(33)35/h7-8,10-13,15-18,28-29,34H,1-6,9,14,19-23H2,(H2,33,35). The molecule has 3 unspecified atom stereocenters. The van der Waals surface area contributed by atoms with Gasteiger partial charge in [0, 0.05) is 17.8 Å². The number of hydrogen-bond donors (Lipinski definition) is 2. The monoisotopic (exact) mass is 471 g/mol. The highest BCUT2D eigenvalue weighted by atomic mass is 16.3. The molecule has 3 heteroatoms. The molecule has 0 aliphatic heterocycles. The second-order valence-electron chi connectivity index (χ2n) is 10.5. The van der Waals surface area contributed by atoms with E-state index in [9.17, 15) is 9.90 Å². The van der Waals surface area contributed by atoms with Crippen molar-refractivity contribution in [1.29, 1.82) is 0 Å². The van der Waals surface area contributed by atoms with Crippen molar-refractivity contribution >= 4 is 17.1 Å². The Hall–Kier alpha value is -2.65. The summed E-state index contributed by atoms with van der Waals surface area (Å²) in [5, 5.41) is 11.1. The lowest BCUT2D eigenvalue weighted by atomic mass is 9.66. The summed E-state index contributed by atoms with van der Waals surface area (Å²) in [6, 6.07) is 21.4. The van der Waals surface area contributed by atoms with Crippen LogP contribution in [0, 0.1) is 11.3 Å². The molecule has 1 fully saturated rings. The van der Waals surface area contributed by atoms with Gasteiger partial charge in [0.15, 0.2) is 0 Å². The second kappa shape index (κ2) is 11.9. The average molecular weight is 472 g/mol. The molecule has 186 valence electrons. The molecule has 2 aliphatic rings. The van der Waals surface area contributed by atoms with E-state index >= 15 is 0 Å².